The first-order chi connectivity index (χ1) is 15.1. The molecule has 31 heavy (non-hydrogen) atoms. The molecular weight excluding hydrogens is 398 g/mol. The maximum Gasteiger partial charge on any atom is 0.293 e. The van der Waals surface area contributed by atoms with Crippen molar-refractivity contribution in [2.45, 2.75) is 32.8 Å². The van der Waals surface area contributed by atoms with Crippen molar-refractivity contribution in [1.82, 2.24) is 44.5 Å². The van der Waals surface area contributed by atoms with Gasteiger partial charge in [-0.05, 0) is 32.0 Å². The van der Waals surface area contributed by atoms with Crippen molar-refractivity contribution >= 4 is 11.7 Å². The highest BCUT2D eigenvalue weighted by atomic mass is 16.5. The number of likely N-dealkylation sites (tertiary alicyclic amines) is 1. The molecule has 4 aromatic heterocycles. The molecule has 5 rings (SSSR count). The number of piperidine rings is 1. The fourth-order valence-corrected chi connectivity index (χ4v) is 3.65. The summed E-state index contributed by atoms with van der Waals surface area (Å²) in [4.78, 5) is 23.3. The molecule has 1 amide bonds. The average Bonchev–Trinajstić information content (AvgIpc) is 3.45. The zero-order valence-corrected chi connectivity index (χ0v) is 17.2. The number of carbonyl (C=O) groups is 1. The summed E-state index contributed by atoms with van der Waals surface area (Å²) in [5, 5.41) is 16.7. The van der Waals surface area contributed by atoms with E-state index in [1.807, 2.05) is 26.0 Å². The summed E-state index contributed by atoms with van der Waals surface area (Å²) in [6.07, 6.45) is 4.83. The van der Waals surface area contributed by atoms with Crippen LogP contribution in [0.15, 0.2) is 36.7 Å². The Morgan fingerprint density at radius 2 is 1.97 bits per heavy atom. The zero-order valence-electron chi connectivity index (χ0n) is 17.2. The van der Waals surface area contributed by atoms with Crippen LogP contribution in [0.5, 0.6) is 5.88 Å². The first-order valence-electron chi connectivity index (χ1n) is 10.1. The van der Waals surface area contributed by atoms with Crippen LogP contribution in [-0.4, -0.2) is 69.6 Å². The van der Waals surface area contributed by atoms with Crippen LogP contribution in [0, 0.1) is 13.8 Å². The van der Waals surface area contributed by atoms with Crippen LogP contribution in [-0.2, 0) is 0 Å². The normalized spacial score (nSPS) is 14.8. The van der Waals surface area contributed by atoms with Gasteiger partial charge in [0.05, 0.1) is 0 Å². The van der Waals surface area contributed by atoms with E-state index in [0.717, 1.165) is 11.4 Å². The van der Waals surface area contributed by atoms with E-state index in [-0.39, 0.29) is 17.8 Å². The number of aryl methyl sites for hydroxylation is 2. The molecule has 4 aromatic rings. The minimum Gasteiger partial charge on any atom is -0.473 e. The van der Waals surface area contributed by atoms with E-state index in [1.165, 1.54) is 0 Å². The lowest BCUT2D eigenvalue weighted by Crippen LogP contribution is -2.42. The van der Waals surface area contributed by atoms with Crippen LogP contribution < -0.4 is 4.74 Å². The molecule has 0 atom stereocenters. The molecule has 158 valence electrons. The second-order valence-electron chi connectivity index (χ2n) is 7.48. The number of hydrogen-bond acceptors (Lipinski definition) is 8. The van der Waals surface area contributed by atoms with Gasteiger partial charge in [0.2, 0.25) is 11.7 Å². The van der Waals surface area contributed by atoms with Gasteiger partial charge in [-0.1, -0.05) is 0 Å². The molecule has 0 N–H and O–H groups in total. The largest absolute Gasteiger partial charge is 0.473 e. The van der Waals surface area contributed by atoms with E-state index in [0.29, 0.717) is 43.4 Å². The molecule has 11 nitrogen and oxygen atoms in total. The van der Waals surface area contributed by atoms with Gasteiger partial charge in [-0.2, -0.15) is 10.1 Å². The number of amides is 1. The topological polar surface area (TPSA) is 116 Å². The van der Waals surface area contributed by atoms with Crippen LogP contribution in [0.3, 0.4) is 0 Å². The van der Waals surface area contributed by atoms with Gasteiger partial charge in [0.25, 0.3) is 11.7 Å². The Morgan fingerprint density at radius 3 is 2.68 bits per heavy atom. The van der Waals surface area contributed by atoms with E-state index in [4.69, 9.17) is 4.74 Å². The molecule has 0 unspecified atom stereocenters. The third-order valence-corrected chi connectivity index (χ3v) is 5.19. The molecule has 0 aliphatic carbocycles. The van der Waals surface area contributed by atoms with E-state index in [9.17, 15) is 4.79 Å². The minimum atomic E-state index is -0.190. The lowest BCUT2D eigenvalue weighted by molar-refractivity contribution is 0.0575. The van der Waals surface area contributed by atoms with E-state index < -0.39 is 0 Å². The van der Waals surface area contributed by atoms with Crippen LogP contribution in [0.4, 0.5) is 0 Å². The molecule has 1 fully saturated rings. The number of nitrogens with zero attached hydrogens (tertiary/aromatic N) is 9. The highest BCUT2D eigenvalue weighted by Gasteiger charge is 2.27. The van der Waals surface area contributed by atoms with E-state index in [2.05, 4.69) is 30.4 Å². The molecule has 0 spiro atoms. The van der Waals surface area contributed by atoms with Crippen molar-refractivity contribution in [3.63, 3.8) is 0 Å². The summed E-state index contributed by atoms with van der Waals surface area (Å²) in [5.74, 6) is 1.50. The average molecular weight is 419 g/mol. The van der Waals surface area contributed by atoms with Crippen molar-refractivity contribution in [2.75, 3.05) is 13.1 Å². The quantitative estimate of drug-likeness (QED) is 0.487. The predicted octanol–water partition coefficient (Wildman–Crippen LogP) is 1.40. The van der Waals surface area contributed by atoms with Gasteiger partial charge < -0.3 is 9.64 Å². The third-order valence-electron chi connectivity index (χ3n) is 5.19. The maximum atomic E-state index is 12.9. The van der Waals surface area contributed by atoms with Gasteiger partial charge in [-0.25, -0.2) is 14.2 Å². The van der Waals surface area contributed by atoms with Gasteiger partial charge in [0.1, 0.15) is 6.10 Å². The lowest BCUT2D eigenvalue weighted by Gasteiger charge is -2.31. The molecule has 1 aliphatic rings. The highest BCUT2D eigenvalue weighted by molar-refractivity contribution is 5.91. The standard InChI is InChI=1S/C20H21N9O2/c1-13-12-14(2)29-20(22-13)23-18(26-29)19(30)27-10-6-15(7-11-27)31-17-5-4-16(24-25-17)28-9-3-8-21-28/h3-5,8-9,12,15H,6-7,10-11H2,1-2H3. The van der Waals surface area contributed by atoms with Crippen LogP contribution in [0.1, 0.15) is 34.8 Å². The van der Waals surface area contributed by atoms with Crippen LogP contribution >= 0.6 is 0 Å². The first kappa shape index (κ1) is 19.1. The smallest absolute Gasteiger partial charge is 0.293 e. The molecule has 5 heterocycles. The molecule has 1 saturated heterocycles. The number of fused-ring (bicyclic) bond motifs is 1. The molecule has 0 bridgehead atoms. The number of carbonyl (C=O) groups excluding carboxylic acids is 1. The van der Waals surface area contributed by atoms with Gasteiger partial charge in [-0.15, -0.1) is 15.3 Å². The molecule has 0 saturated carbocycles. The Kier molecular flexibility index (Phi) is 4.77. The molecular formula is C20H21N9O2. The third kappa shape index (κ3) is 3.81. The van der Waals surface area contributed by atoms with E-state index in [1.54, 1.807) is 38.6 Å². The van der Waals surface area contributed by atoms with Crippen molar-refractivity contribution in [3.8, 4) is 11.7 Å². The van der Waals surface area contributed by atoms with Gasteiger partial charge in [0, 0.05) is 55.8 Å². The molecule has 0 aromatic carbocycles. The second-order valence-corrected chi connectivity index (χ2v) is 7.48. The summed E-state index contributed by atoms with van der Waals surface area (Å²) >= 11 is 0. The van der Waals surface area contributed by atoms with Crippen LogP contribution in [0.2, 0.25) is 0 Å². The monoisotopic (exact) mass is 419 g/mol. The second kappa shape index (κ2) is 7.74. The lowest BCUT2D eigenvalue weighted by atomic mass is 10.1. The summed E-state index contributed by atoms with van der Waals surface area (Å²) in [7, 11) is 0. The maximum absolute atomic E-state index is 12.9. The summed E-state index contributed by atoms with van der Waals surface area (Å²) < 4.78 is 9.18. The summed E-state index contributed by atoms with van der Waals surface area (Å²) in [5.41, 5.74) is 1.73. The molecule has 0 radical (unpaired) electrons. The Bertz CT molecular complexity index is 1210. The molecule has 11 heteroatoms. The SMILES string of the molecule is Cc1cc(C)n2nc(C(=O)N3CCC(Oc4ccc(-n5cccn5)nn4)CC3)nc2n1. The van der Waals surface area contributed by atoms with Gasteiger partial charge in [0.15, 0.2) is 5.82 Å². The Balaban J connectivity index is 1.20. The fraction of sp³-hybridized carbons (Fsp3) is 0.350. The molecule has 1 aliphatic heterocycles. The Morgan fingerprint density at radius 1 is 1.13 bits per heavy atom. The minimum absolute atomic E-state index is 0.0329. The number of ether oxygens (including phenoxy) is 1. The Hall–Kier alpha value is -3.89. The number of rotatable bonds is 4. The van der Waals surface area contributed by atoms with Crippen molar-refractivity contribution in [3.05, 3.63) is 53.9 Å². The van der Waals surface area contributed by atoms with E-state index >= 15 is 0 Å². The van der Waals surface area contributed by atoms with Gasteiger partial charge >= 0.3 is 0 Å². The highest BCUT2D eigenvalue weighted by Crippen LogP contribution is 2.19. The first-order valence-corrected chi connectivity index (χ1v) is 10.1. The van der Waals surface area contributed by atoms with Crippen molar-refractivity contribution in [1.29, 1.82) is 0 Å². The number of aromatic nitrogens is 8. The summed E-state index contributed by atoms with van der Waals surface area (Å²) in [6.45, 7) is 4.92. The summed E-state index contributed by atoms with van der Waals surface area (Å²) in [6, 6.07) is 7.31. The van der Waals surface area contributed by atoms with Crippen molar-refractivity contribution in [2.24, 2.45) is 0 Å². The Labute approximate surface area is 177 Å². The zero-order chi connectivity index (χ0) is 21.4. The fourth-order valence-electron chi connectivity index (χ4n) is 3.65. The predicted molar refractivity (Wildman–Crippen MR) is 109 cm³/mol. The van der Waals surface area contributed by atoms with Gasteiger partial charge in [-0.3, -0.25) is 4.79 Å². The van der Waals surface area contributed by atoms with Crippen LogP contribution in [0.25, 0.3) is 11.6 Å². The number of hydrogen-bond donors (Lipinski definition) is 0. The van der Waals surface area contributed by atoms with Crippen molar-refractivity contribution < 1.29 is 9.53 Å².